The number of nitrogens with zero attached hydrogens (tertiary/aromatic N) is 2. The summed E-state index contributed by atoms with van der Waals surface area (Å²) in [6.45, 7) is 2.59. The molecular weight excluding hydrogens is 293 g/mol. The van der Waals surface area contributed by atoms with Crippen molar-refractivity contribution in [2.24, 2.45) is 0 Å². The van der Waals surface area contributed by atoms with Crippen molar-refractivity contribution in [3.8, 4) is 6.07 Å². The summed E-state index contributed by atoms with van der Waals surface area (Å²) in [5.74, 6) is -0.594. The highest BCUT2D eigenvalue weighted by atomic mass is 19.1. The van der Waals surface area contributed by atoms with Crippen LogP contribution in [0.5, 0.6) is 0 Å². The number of nitriles is 1. The number of halogens is 1. The second-order valence-electron chi connectivity index (χ2n) is 5.62. The number of aryl methyl sites for hydroxylation is 1. The molecule has 0 saturated carbocycles. The van der Waals surface area contributed by atoms with Crippen LogP contribution in [0.1, 0.15) is 17.5 Å². The summed E-state index contributed by atoms with van der Waals surface area (Å²) in [6.07, 6.45) is 0.603. The normalized spacial score (nSPS) is 17.2. The third-order valence-electron chi connectivity index (χ3n) is 3.98. The SMILES string of the molecule is Cc1ccc(N2CCC(Nc3ccc(C#N)cc3F)C2=O)cc1. The standard InChI is InChI=1S/C18H16FN3O/c1-12-2-5-14(6-3-12)22-9-8-17(18(22)23)21-16-7-4-13(11-20)10-15(16)19/h2-7,10,17,21H,8-9H2,1H3. The van der Waals surface area contributed by atoms with Gasteiger partial charge in [-0.2, -0.15) is 5.26 Å². The van der Waals surface area contributed by atoms with Crippen LogP contribution in [-0.2, 0) is 4.79 Å². The lowest BCUT2D eigenvalue weighted by Gasteiger charge is -2.18. The van der Waals surface area contributed by atoms with Gasteiger partial charge in [-0.3, -0.25) is 4.79 Å². The topological polar surface area (TPSA) is 56.1 Å². The summed E-state index contributed by atoms with van der Waals surface area (Å²) >= 11 is 0. The van der Waals surface area contributed by atoms with Crippen molar-refractivity contribution in [3.63, 3.8) is 0 Å². The minimum Gasteiger partial charge on any atom is -0.371 e. The van der Waals surface area contributed by atoms with Crippen molar-refractivity contribution in [2.75, 3.05) is 16.8 Å². The molecule has 1 amide bonds. The zero-order valence-corrected chi connectivity index (χ0v) is 12.7. The molecule has 0 aromatic heterocycles. The number of hydrogen-bond acceptors (Lipinski definition) is 3. The van der Waals surface area contributed by atoms with Crippen LogP contribution in [0, 0.1) is 24.1 Å². The minimum atomic E-state index is -0.523. The second kappa shape index (κ2) is 6.09. The smallest absolute Gasteiger partial charge is 0.249 e. The van der Waals surface area contributed by atoms with Crippen molar-refractivity contribution < 1.29 is 9.18 Å². The van der Waals surface area contributed by atoms with Crippen molar-refractivity contribution in [2.45, 2.75) is 19.4 Å². The first kappa shape index (κ1) is 15.0. The molecule has 0 aliphatic carbocycles. The minimum absolute atomic E-state index is 0.0717. The van der Waals surface area contributed by atoms with E-state index in [1.54, 1.807) is 4.90 Å². The van der Waals surface area contributed by atoms with E-state index >= 15 is 0 Å². The number of carbonyl (C=O) groups excluding carboxylic acids is 1. The van der Waals surface area contributed by atoms with Gasteiger partial charge in [-0.25, -0.2) is 4.39 Å². The van der Waals surface area contributed by atoms with Crippen molar-refractivity contribution in [1.29, 1.82) is 5.26 Å². The van der Waals surface area contributed by atoms with E-state index in [-0.39, 0.29) is 17.2 Å². The zero-order chi connectivity index (χ0) is 16.4. The Bertz CT molecular complexity index is 780. The van der Waals surface area contributed by atoms with Crippen LogP contribution in [-0.4, -0.2) is 18.5 Å². The molecule has 1 saturated heterocycles. The third kappa shape index (κ3) is 3.02. The van der Waals surface area contributed by atoms with Gasteiger partial charge in [-0.1, -0.05) is 17.7 Å². The molecule has 1 atom stereocenters. The molecule has 0 spiro atoms. The highest BCUT2D eigenvalue weighted by Crippen LogP contribution is 2.25. The van der Waals surface area contributed by atoms with Gasteiger partial charge in [0.25, 0.3) is 0 Å². The van der Waals surface area contributed by atoms with Crippen LogP contribution < -0.4 is 10.2 Å². The van der Waals surface area contributed by atoms with Crippen LogP contribution >= 0.6 is 0 Å². The van der Waals surface area contributed by atoms with Gasteiger partial charge in [-0.15, -0.1) is 0 Å². The molecule has 0 bridgehead atoms. The molecule has 23 heavy (non-hydrogen) atoms. The van der Waals surface area contributed by atoms with Gasteiger partial charge >= 0.3 is 0 Å². The molecule has 3 rings (SSSR count). The van der Waals surface area contributed by atoms with Gasteiger partial charge < -0.3 is 10.2 Å². The fraction of sp³-hybridized carbons (Fsp3) is 0.222. The molecule has 2 aromatic carbocycles. The zero-order valence-electron chi connectivity index (χ0n) is 12.7. The third-order valence-corrected chi connectivity index (χ3v) is 3.98. The molecule has 0 radical (unpaired) electrons. The molecule has 1 fully saturated rings. The number of benzene rings is 2. The molecule has 1 N–H and O–H groups in total. The fourth-order valence-electron chi connectivity index (χ4n) is 2.68. The maximum Gasteiger partial charge on any atom is 0.249 e. The lowest BCUT2D eigenvalue weighted by atomic mass is 10.2. The Morgan fingerprint density at radius 2 is 2.00 bits per heavy atom. The molecule has 1 aliphatic rings. The van der Waals surface area contributed by atoms with E-state index in [4.69, 9.17) is 5.26 Å². The van der Waals surface area contributed by atoms with E-state index < -0.39 is 11.9 Å². The van der Waals surface area contributed by atoms with Crippen LogP contribution in [0.3, 0.4) is 0 Å². The molecule has 5 heteroatoms. The molecule has 1 heterocycles. The molecule has 2 aromatic rings. The maximum atomic E-state index is 13.9. The Hall–Kier alpha value is -2.87. The average Bonchev–Trinajstić information content (AvgIpc) is 2.91. The molecule has 116 valence electrons. The summed E-state index contributed by atoms with van der Waals surface area (Å²) in [7, 11) is 0. The lowest BCUT2D eigenvalue weighted by molar-refractivity contribution is -0.117. The maximum absolute atomic E-state index is 13.9. The van der Waals surface area contributed by atoms with E-state index in [1.807, 2.05) is 37.3 Å². The lowest BCUT2D eigenvalue weighted by Crippen LogP contribution is -2.33. The predicted molar refractivity (Wildman–Crippen MR) is 86.7 cm³/mol. The molecule has 1 unspecified atom stereocenters. The first-order valence-corrected chi connectivity index (χ1v) is 7.43. The Kier molecular flexibility index (Phi) is 3.98. The number of hydrogen-bond donors (Lipinski definition) is 1. The van der Waals surface area contributed by atoms with Gasteiger partial charge in [0.15, 0.2) is 0 Å². The van der Waals surface area contributed by atoms with Crippen LogP contribution in [0.15, 0.2) is 42.5 Å². The van der Waals surface area contributed by atoms with Gasteiger partial charge in [-0.05, 0) is 43.7 Å². The van der Waals surface area contributed by atoms with Gasteiger partial charge in [0.1, 0.15) is 11.9 Å². The number of anilines is 2. The van der Waals surface area contributed by atoms with Crippen LogP contribution in [0.25, 0.3) is 0 Å². The van der Waals surface area contributed by atoms with E-state index in [0.29, 0.717) is 13.0 Å². The first-order chi connectivity index (χ1) is 11.1. The Morgan fingerprint density at radius 1 is 1.26 bits per heavy atom. The summed E-state index contributed by atoms with van der Waals surface area (Å²) < 4.78 is 13.9. The highest BCUT2D eigenvalue weighted by molar-refractivity contribution is 6.01. The molecule has 1 aliphatic heterocycles. The summed E-state index contributed by atoms with van der Waals surface area (Å²) in [5, 5.41) is 11.7. The Morgan fingerprint density at radius 3 is 2.65 bits per heavy atom. The average molecular weight is 309 g/mol. The molecule has 4 nitrogen and oxygen atoms in total. The van der Waals surface area contributed by atoms with E-state index in [1.165, 1.54) is 18.2 Å². The van der Waals surface area contributed by atoms with Crippen molar-refractivity contribution >= 4 is 17.3 Å². The van der Waals surface area contributed by atoms with E-state index in [0.717, 1.165) is 11.3 Å². The van der Waals surface area contributed by atoms with Gasteiger partial charge in [0, 0.05) is 12.2 Å². The van der Waals surface area contributed by atoms with Gasteiger partial charge in [0.2, 0.25) is 5.91 Å². The van der Waals surface area contributed by atoms with Crippen LogP contribution in [0.2, 0.25) is 0 Å². The summed E-state index contributed by atoms with van der Waals surface area (Å²) in [4.78, 5) is 14.2. The second-order valence-corrected chi connectivity index (χ2v) is 5.62. The van der Waals surface area contributed by atoms with E-state index in [9.17, 15) is 9.18 Å². The number of amides is 1. The number of nitrogens with one attached hydrogen (secondary N) is 1. The summed E-state index contributed by atoms with van der Waals surface area (Å²) in [5.41, 5.74) is 2.49. The largest absolute Gasteiger partial charge is 0.371 e. The Balaban J connectivity index is 1.75. The predicted octanol–water partition coefficient (Wildman–Crippen LogP) is 3.22. The monoisotopic (exact) mass is 309 g/mol. The molecular formula is C18H16FN3O. The van der Waals surface area contributed by atoms with Crippen molar-refractivity contribution in [1.82, 2.24) is 0 Å². The van der Waals surface area contributed by atoms with Crippen LogP contribution in [0.4, 0.5) is 15.8 Å². The highest BCUT2D eigenvalue weighted by Gasteiger charge is 2.32. The first-order valence-electron chi connectivity index (χ1n) is 7.43. The van der Waals surface area contributed by atoms with Gasteiger partial charge in [0.05, 0.1) is 17.3 Å². The Labute approximate surface area is 134 Å². The summed E-state index contributed by atoms with van der Waals surface area (Å²) in [6, 6.07) is 13.4. The fourth-order valence-corrected chi connectivity index (χ4v) is 2.68. The van der Waals surface area contributed by atoms with E-state index in [2.05, 4.69) is 5.32 Å². The number of carbonyl (C=O) groups is 1. The van der Waals surface area contributed by atoms with Crippen molar-refractivity contribution in [3.05, 3.63) is 59.4 Å². The quantitative estimate of drug-likeness (QED) is 0.947. The number of rotatable bonds is 3.